The summed E-state index contributed by atoms with van der Waals surface area (Å²) >= 11 is 0. The molecule has 21 heavy (non-hydrogen) atoms. The average molecular weight is 283 g/mol. The molecule has 0 aliphatic heterocycles. The van der Waals surface area contributed by atoms with Gasteiger partial charge in [0.25, 0.3) is 0 Å². The second-order valence-corrected chi connectivity index (χ2v) is 4.38. The van der Waals surface area contributed by atoms with Crippen LogP contribution in [0.5, 0.6) is 11.5 Å². The summed E-state index contributed by atoms with van der Waals surface area (Å²) in [5.41, 5.74) is 1.75. The van der Waals surface area contributed by atoms with E-state index in [4.69, 9.17) is 24.8 Å². The second kappa shape index (κ2) is 6.79. The highest BCUT2D eigenvalue weighted by Crippen LogP contribution is 2.20. The topological polar surface area (TPSA) is 82.7 Å². The van der Waals surface area contributed by atoms with Crippen LogP contribution < -0.4 is 14.9 Å². The summed E-state index contributed by atoms with van der Waals surface area (Å²) in [5.74, 6) is 1.13. The Morgan fingerprint density at radius 3 is 2.43 bits per heavy atom. The lowest BCUT2D eigenvalue weighted by atomic mass is 9.80. The van der Waals surface area contributed by atoms with Gasteiger partial charge >= 0.3 is 7.12 Å². The predicted octanol–water partition coefficient (Wildman–Crippen LogP) is 0.826. The van der Waals surface area contributed by atoms with Crippen molar-refractivity contribution in [1.29, 1.82) is 5.26 Å². The van der Waals surface area contributed by atoms with E-state index in [9.17, 15) is 0 Å². The van der Waals surface area contributed by atoms with E-state index in [1.807, 2.05) is 0 Å². The monoisotopic (exact) mass is 283 g/mol. The van der Waals surface area contributed by atoms with Gasteiger partial charge in [-0.1, -0.05) is 18.2 Å². The normalized spacial score (nSPS) is 9.81. The Bertz CT molecular complexity index is 650. The Hall–Kier alpha value is -2.49. The van der Waals surface area contributed by atoms with Gasteiger partial charge in [0.2, 0.25) is 0 Å². The van der Waals surface area contributed by atoms with Crippen molar-refractivity contribution < 1.29 is 19.5 Å². The average Bonchev–Trinajstić information content (AvgIpc) is 2.52. The van der Waals surface area contributed by atoms with E-state index in [1.165, 1.54) is 7.11 Å². The molecule has 0 aliphatic carbocycles. The molecule has 0 aliphatic rings. The van der Waals surface area contributed by atoms with Crippen molar-refractivity contribution in [3.8, 4) is 17.6 Å². The van der Waals surface area contributed by atoms with Gasteiger partial charge in [-0.05, 0) is 35.3 Å². The molecule has 0 atom stereocenters. The molecule has 2 N–H and O–H groups in total. The number of nitriles is 1. The van der Waals surface area contributed by atoms with Crippen LogP contribution in [-0.2, 0) is 6.61 Å². The zero-order valence-corrected chi connectivity index (χ0v) is 11.5. The number of methoxy groups -OCH3 is 1. The zero-order valence-electron chi connectivity index (χ0n) is 11.5. The molecule has 2 aromatic carbocycles. The lowest BCUT2D eigenvalue weighted by Gasteiger charge is -2.09. The van der Waals surface area contributed by atoms with Gasteiger partial charge < -0.3 is 19.5 Å². The fourth-order valence-corrected chi connectivity index (χ4v) is 1.82. The van der Waals surface area contributed by atoms with Gasteiger partial charge in [0.05, 0.1) is 12.7 Å². The van der Waals surface area contributed by atoms with E-state index in [0.29, 0.717) is 29.1 Å². The molecular formula is C15H14BNO4. The molecule has 5 nitrogen and oxygen atoms in total. The van der Waals surface area contributed by atoms with Crippen LogP contribution in [0.25, 0.3) is 0 Å². The fourth-order valence-electron chi connectivity index (χ4n) is 1.82. The van der Waals surface area contributed by atoms with Crippen molar-refractivity contribution in [1.82, 2.24) is 0 Å². The van der Waals surface area contributed by atoms with Gasteiger partial charge in [-0.15, -0.1) is 0 Å². The van der Waals surface area contributed by atoms with Crippen LogP contribution in [0.3, 0.4) is 0 Å². The highest BCUT2D eigenvalue weighted by Gasteiger charge is 2.10. The maximum Gasteiger partial charge on any atom is 0.488 e. The smallest absolute Gasteiger partial charge is 0.488 e. The molecule has 0 spiro atoms. The molecule has 0 saturated carbocycles. The molecule has 2 rings (SSSR count). The Morgan fingerprint density at radius 1 is 1.14 bits per heavy atom. The summed E-state index contributed by atoms with van der Waals surface area (Å²) < 4.78 is 10.7. The summed E-state index contributed by atoms with van der Waals surface area (Å²) in [6.45, 7) is 0.323. The van der Waals surface area contributed by atoms with Crippen LogP contribution in [-0.4, -0.2) is 24.3 Å². The maximum atomic E-state index is 9.00. The minimum atomic E-state index is -1.48. The molecule has 6 heteroatoms. The molecular weight excluding hydrogens is 269 g/mol. The maximum absolute atomic E-state index is 9.00. The summed E-state index contributed by atoms with van der Waals surface area (Å²) in [6, 6.07) is 13.8. The van der Waals surface area contributed by atoms with E-state index in [1.54, 1.807) is 42.5 Å². The van der Waals surface area contributed by atoms with Crippen LogP contribution >= 0.6 is 0 Å². The predicted molar refractivity (Wildman–Crippen MR) is 78.3 cm³/mol. The summed E-state index contributed by atoms with van der Waals surface area (Å²) in [4.78, 5) is 0. The summed E-state index contributed by atoms with van der Waals surface area (Å²) in [6.07, 6.45) is 0. The minimum Gasteiger partial charge on any atom is -0.495 e. The highest BCUT2D eigenvalue weighted by molar-refractivity contribution is 6.58. The first-order chi connectivity index (χ1) is 10.1. The number of benzene rings is 2. The third kappa shape index (κ3) is 3.75. The van der Waals surface area contributed by atoms with Crippen molar-refractivity contribution in [2.75, 3.05) is 7.11 Å². The van der Waals surface area contributed by atoms with Crippen LogP contribution in [0.2, 0.25) is 0 Å². The highest BCUT2D eigenvalue weighted by atomic mass is 16.5. The standard InChI is InChI=1S/C15H14BNO4/c1-20-15-8-11(2-3-12(15)9-17)10-21-14-6-4-13(5-7-14)16(18)19/h2-8,18-19H,10H2,1H3. The molecule has 0 bridgehead atoms. The molecule has 0 amide bonds. The van der Waals surface area contributed by atoms with E-state index in [-0.39, 0.29) is 0 Å². The SMILES string of the molecule is COc1cc(COc2ccc(B(O)O)cc2)ccc1C#N. The zero-order chi connectivity index (χ0) is 15.2. The first kappa shape index (κ1) is 14.9. The molecule has 0 saturated heterocycles. The van der Waals surface area contributed by atoms with Crippen molar-refractivity contribution in [2.45, 2.75) is 6.61 Å². The van der Waals surface area contributed by atoms with Gasteiger partial charge in [0.1, 0.15) is 24.2 Å². The lowest BCUT2D eigenvalue weighted by molar-refractivity contribution is 0.305. The third-order valence-corrected chi connectivity index (χ3v) is 2.97. The van der Waals surface area contributed by atoms with Crippen molar-refractivity contribution >= 4 is 12.6 Å². The number of ether oxygens (including phenoxy) is 2. The molecule has 0 aromatic heterocycles. The van der Waals surface area contributed by atoms with Gasteiger partial charge in [0, 0.05) is 0 Å². The molecule has 0 radical (unpaired) electrons. The summed E-state index contributed by atoms with van der Waals surface area (Å²) in [7, 11) is 0.0292. The Morgan fingerprint density at radius 2 is 1.86 bits per heavy atom. The van der Waals surface area contributed by atoms with Crippen molar-refractivity contribution in [2.24, 2.45) is 0 Å². The van der Waals surface area contributed by atoms with E-state index in [2.05, 4.69) is 6.07 Å². The molecule has 0 fully saturated rings. The van der Waals surface area contributed by atoms with Crippen LogP contribution in [0.4, 0.5) is 0 Å². The number of rotatable bonds is 5. The number of nitrogens with zero attached hydrogens (tertiary/aromatic N) is 1. The van der Waals surface area contributed by atoms with Gasteiger partial charge in [0.15, 0.2) is 0 Å². The van der Waals surface area contributed by atoms with Crippen LogP contribution in [0, 0.1) is 11.3 Å². The van der Waals surface area contributed by atoms with E-state index in [0.717, 1.165) is 5.56 Å². The number of hydrogen-bond acceptors (Lipinski definition) is 5. The molecule has 2 aromatic rings. The largest absolute Gasteiger partial charge is 0.495 e. The Kier molecular flexibility index (Phi) is 4.83. The minimum absolute atomic E-state index is 0.323. The van der Waals surface area contributed by atoms with Gasteiger partial charge in [-0.25, -0.2) is 0 Å². The Labute approximate surface area is 123 Å². The van der Waals surface area contributed by atoms with Crippen LogP contribution in [0.15, 0.2) is 42.5 Å². The van der Waals surface area contributed by atoms with Gasteiger partial charge in [-0.3, -0.25) is 0 Å². The van der Waals surface area contributed by atoms with Crippen molar-refractivity contribution in [3.05, 3.63) is 53.6 Å². The molecule has 0 unspecified atom stereocenters. The van der Waals surface area contributed by atoms with Crippen LogP contribution in [0.1, 0.15) is 11.1 Å². The first-order valence-corrected chi connectivity index (χ1v) is 6.30. The molecule has 106 valence electrons. The van der Waals surface area contributed by atoms with E-state index >= 15 is 0 Å². The van der Waals surface area contributed by atoms with Gasteiger partial charge in [-0.2, -0.15) is 5.26 Å². The Balaban J connectivity index is 2.04. The summed E-state index contributed by atoms with van der Waals surface area (Å²) in [5, 5.41) is 26.9. The first-order valence-electron chi connectivity index (χ1n) is 6.30. The quantitative estimate of drug-likeness (QED) is 0.794. The number of hydrogen-bond donors (Lipinski definition) is 2. The van der Waals surface area contributed by atoms with E-state index < -0.39 is 7.12 Å². The fraction of sp³-hybridized carbons (Fsp3) is 0.133. The van der Waals surface area contributed by atoms with Crippen molar-refractivity contribution in [3.63, 3.8) is 0 Å². The lowest BCUT2D eigenvalue weighted by Crippen LogP contribution is -2.29. The second-order valence-electron chi connectivity index (χ2n) is 4.38. The third-order valence-electron chi connectivity index (χ3n) is 2.97. The molecule has 0 heterocycles.